The molecule has 1 aromatic rings. The number of hydrogen-bond donors (Lipinski definition) is 0. The monoisotopic (exact) mass is 228 g/mol. The summed E-state index contributed by atoms with van der Waals surface area (Å²) in [6.45, 7) is 2.00. The van der Waals surface area contributed by atoms with Crippen LogP contribution in [0.4, 0.5) is 0 Å². The summed E-state index contributed by atoms with van der Waals surface area (Å²) in [4.78, 5) is 8.89. The van der Waals surface area contributed by atoms with Gasteiger partial charge in [0.1, 0.15) is 5.82 Å². The zero-order valence-corrected chi connectivity index (χ0v) is 9.74. The highest BCUT2D eigenvalue weighted by Crippen LogP contribution is 2.38. The van der Waals surface area contributed by atoms with Crippen LogP contribution in [0, 0.1) is 6.92 Å². The molecule has 0 amide bonds. The van der Waals surface area contributed by atoms with Crippen molar-refractivity contribution in [3.8, 4) is 0 Å². The van der Waals surface area contributed by atoms with Crippen LogP contribution in [0.1, 0.15) is 35.2 Å². The fraction of sp³-hybridized carbons (Fsp3) is 0.600. The van der Waals surface area contributed by atoms with Gasteiger partial charge in [-0.15, -0.1) is 11.6 Å². The van der Waals surface area contributed by atoms with E-state index in [1.165, 1.54) is 18.6 Å². The molecule has 0 aliphatic carbocycles. The third kappa shape index (κ3) is 2.04. The largest absolute Gasteiger partial charge is 0.240 e. The molecule has 0 radical (unpaired) electrons. The minimum Gasteiger partial charge on any atom is -0.240 e. The Labute approximate surface area is 93.5 Å². The van der Waals surface area contributed by atoms with Crippen LogP contribution in [-0.4, -0.2) is 15.7 Å². The van der Waals surface area contributed by atoms with Crippen LogP contribution >= 0.6 is 23.4 Å². The first-order valence-electron chi connectivity index (χ1n) is 4.81. The van der Waals surface area contributed by atoms with Crippen molar-refractivity contribution >= 4 is 23.4 Å². The van der Waals surface area contributed by atoms with Gasteiger partial charge in [0.15, 0.2) is 0 Å². The van der Waals surface area contributed by atoms with Crippen LogP contribution in [0.2, 0.25) is 0 Å². The molecular weight excluding hydrogens is 216 g/mol. The molecule has 4 heteroatoms. The topological polar surface area (TPSA) is 25.8 Å². The molecule has 1 atom stereocenters. The van der Waals surface area contributed by atoms with E-state index in [1.54, 1.807) is 0 Å². The van der Waals surface area contributed by atoms with Gasteiger partial charge in [0.05, 0.1) is 16.8 Å². The van der Waals surface area contributed by atoms with E-state index in [2.05, 4.69) is 9.97 Å². The summed E-state index contributed by atoms with van der Waals surface area (Å²) in [5.74, 6) is 2.69. The molecule has 1 aliphatic heterocycles. The molecule has 1 saturated heterocycles. The van der Waals surface area contributed by atoms with Gasteiger partial charge in [-0.2, -0.15) is 11.8 Å². The minimum atomic E-state index is 0.485. The smallest absolute Gasteiger partial charge is 0.141 e. The van der Waals surface area contributed by atoms with E-state index < -0.39 is 0 Å². The zero-order chi connectivity index (χ0) is 9.97. The van der Waals surface area contributed by atoms with E-state index in [4.69, 9.17) is 11.6 Å². The minimum absolute atomic E-state index is 0.485. The van der Waals surface area contributed by atoms with Gasteiger partial charge < -0.3 is 0 Å². The Morgan fingerprint density at radius 2 is 2.50 bits per heavy atom. The van der Waals surface area contributed by atoms with Crippen molar-refractivity contribution in [3.05, 3.63) is 23.3 Å². The van der Waals surface area contributed by atoms with Gasteiger partial charge in [-0.25, -0.2) is 9.97 Å². The predicted molar refractivity (Wildman–Crippen MR) is 60.8 cm³/mol. The Hall–Kier alpha value is -0.280. The second kappa shape index (κ2) is 4.49. The third-order valence-electron chi connectivity index (χ3n) is 2.44. The number of alkyl halides is 1. The molecule has 2 rings (SSSR count). The van der Waals surface area contributed by atoms with Crippen molar-refractivity contribution in [2.75, 3.05) is 5.75 Å². The number of rotatable bonds is 2. The molecule has 76 valence electrons. The standard InChI is InChI=1S/C10H13ClN2S/c1-7-6-12-10(13-8(7)5-11)9-3-2-4-14-9/h6,9H,2-5H2,1H3. The Bertz CT molecular complexity index is 324. The molecule has 1 aliphatic rings. The fourth-order valence-electron chi connectivity index (χ4n) is 1.56. The number of nitrogens with zero attached hydrogens (tertiary/aromatic N) is 2. The van der Waals surface area contributed by atoms with E-state index in [0.29, 0.717) is 11.1 Å². The quantitative estimate of drug-likeness (QED) is 0.728. The first-order valence-corrected chi connectivity index (χ1v) is 6.39. The van der Waals surface area contributed by atoms with Crippen LogP contribution in [0.15, 0.2) is 6.20 Å². The summed E-state index contributed by atoms with van der Waals surface area (Å²) < 4.78 is 0. The highest BCUT2D eigenvalue weighted by atomic mass is 35.5. The summed E-state index contributed by atoms with van der Waals surface area (Å²) in [6, 6.07) is 0. The van der Waals surface area contributed by atoms with Crippen LogP contribution in [0.25, 0.3) is 0 Å². The third-order valence-corrected chi connectivity index (χ3v) is 4.07. The molecule has 0 bridgehead atoms. The van der Waals surface area contributed by atoms with Crippen LogP contribution in [0.3, 0.4) is 0 Å². The number of aryl methyl sites for hydroxylation is 1. The Morgan fingerprint density at radius 1 is 1.64 bits per heavy atom. The molecule has 2 nitrogen and oxygen atoms in total. The van der Waals surface area contributed by atoms with Crippen LogP contribution < -0.4 is 0 Å². The van der Waals surface area contributed by atoms with E-state index in [0.717, 1.165) is 17.1 Å². The number of thioether (sulfide) groups is 1. The summed E-state index contributed by atoms with van der Waals surface area (Å²) in [5.41, 5.74) is 2.07. The zero-order valence-electron chi connectivity index (χ0n) is 8.16. The van der Waals surface area contributed by atoms with Crippen molar-refractivity contribution in [3.63, 3.8) is 0 Å². The second-order valence-electron chi connectivity index (χ2n) is 3.49. The van der Waals surface area contributed by atoms with Crippen LogP contribution in [-0.2, 0) is 5.88 Å². The molecule has 0 N–H and O–H groups in total. The first kappa shape index (κ1) is 10.2. The Morgan fingerprint density at radius 3 is 3.14 bits per heavy atom. The van der Waals surface area contributed by atoms with Gasteiger partial charge in [0.2, 0.25) is 0 Å². The van der Waals surface area contributed by atoms with Gasteiger partial charge in [-0.1, -0.05) is 0 Å². The van der Waals surface area contributed by atoms with Crippen LogP contribution in [0.5, 0.6) is 0 Å². The second-order valence-corrected chi connectivity index (χ2v) is 5.07. The van der Waals surface area contributed by atoms with Crippen molar-refractivity contribution < 1.29 is 0 Å². The molecule has 1 unspecified atom stereocenters. The molecule has 0 saturated carbocycles. The molecule has 2 heterocycles. The van der Waals surface area contributed by atoms with Gasteiger partial charge >= 0.3 is 0 Å². The number of halogens is 1. The van der Waals surface area contributed by atoms with Gasteiger partial charge in [0.25, 0.3) is 0 Å². The fourth-order valence-corrected chi connectivity index (χ4v) is 3.05. The van der Waals surface area contributed by atoms with Gasteiger partial charge in [0, 0.05) is 6.20 Å². The molecule has 14 heavy (non-hydrogen) atoms. The summed E-state index contributed by atoms with van der Waals surface area (Å²) in [7, 11) is 0. The average molecular weight is 229 g/mol. The van der Waals surface area contributed by atoms with E-state index in [1.807, 2.05) is 24.9 Å². The predicted octanol–water partition coefficient (Wildman–Crippen LogP) is 3.09. The molecule has 1 aromatic heterocycles. The lowest BCUT2D eigenvalue weighted by molar-refractivity contribution is 0.767. The molecular formula is C10H13ClN2S. The molecule has 0 aromatic carbocycles. The summed E-state index contributed by atoms with van der Waals surface area (Å²) >= 11 is 7.77. The Kier molecular flexibility index (Phi) is 3.29. The lowest BCUT2D eigenvalue weighted by atomic mass is 10.2. The highest BCUT2D eigenvalue weighted by molar-refractivity contribution is 7.99. The lowest BCUT2D eigenvalue weighted by Crippen LogP contribution is -2.02. The Balaban J connectivity index is 2.25. The van der Waals surface area contributed by atoms with Crippen molar-refractivity contribution in [1.29, 1.82) is 0 Å². The maximum absolute atomic E-state index is 5.81. The van der Waals surface area contributed by atoms with Gasteiger partial charge in [-0.3, -0.25) is 0 Å². The summed E-state index contributed by atoms with van der Waals surface area (Å²) in [5, 5.41) is 0.498. The van der Waals surface area contributed by atoms with Crippen molar-refractivity contribution in [2.45, 2.75) is 30.9 Å². The van der Waals surface area contributed by atoms with Crippen molar-refractivity contribution in [2.24, 2.45) is 0 Å². The summed E-state index contributed by atoms with van der Waals surface area (Å²) in [6.07, 6.45) is 4.37. The number of hydrogen-bond acceptors (Lipinski definition) is 3. The van der Waals surface area contributed by atoms with Gasteiger partial charge in [-0.05, 0) is 31.1 Å². The van der Waals surface area contributed by atoms with E-state index in [9.17, 15) is 0 Å². The maximum atomic E-state index is 5.81. The highest BCUT2D eigenvalue weighted by Gasteiger charge is 2.20. The maximum Gasteiger partial charge on any atom is 0.141 e. The van der Waals surface area contributed by atoms with E-state index >= 15 is 0 Å². The van der Waals surface area contributed by atoms with Crippen molar-refractivity contribution in [1.82, 2.24) is 9.97 Å². The SMILES string of the molecule is Cc1cnc(C2CCCS2)nc1CCl. The molecule has 0 spiro atoms. The van der Waals surface area contributed by atoms with E-state index in [-0.39, 0.29) is 0 Å². The molecule has 1 fully saturated rings. The number of aromatic nitrogens is 2. The average Bonchev–Trinajstić information content (AvgIpc) is 2.71. The first-order chi connectivity index (χ1) is 6.81. The lowest BCUT2D eigenvalue weighted by Gasteiger charge is -2.09. The normalized spacial score (nSPS) is 21.4.